The predicted octanol–water partition coefficient (Wildman–Crippen LogP) is 4.79. The number of carboxylic acids is 1. The van der Waals surface area contributed by atoms with Crippen LogP contribution in [0.5, 0.6) is 0 Å². The van der Waals surface area contributed by atoms with Gasteiger partial charge in [0.15, 0.2) is 0 Å². The van der Waals surface area contributed by atoms with Gasteiger partial charge in [0.25, 0.3) is 0 Å². The van der Waals surface area contributed by atoms with Crippen molar-refractivity contribution in [1.29, 1.82) is 0 Å². The maximum Gasteiger partial charge on any atom is 0.306 e. The molecule has 130 valence electrons. The summed E-state index contributed by atoms with van der Waals surface area (Å²) in [7, 11) is 0. The van der Waals surface area contributed by atoms with Crippen LogP contribution in [-0.2, 0) is 9.53 Å². The maximum atomic E-state index is 11.4. The molecule has 0 amide bonds. The van der Waals surface area contributed by atoms with Crippen LogP contribution in [0.15, 0.2) is 0 Å². The molecule has 1 N–H and O–H groups in total. The minimum atomic E-state index is -0.607. The van der Waals surface area contributed by atoms with Crippen molar-refractivity contribution < 1.29 is 14.6 Å². The van der Waals surface area contributed by atoms with Gasteiger partial charge in [-0.3, -0.25) is 4.79 Å². The number of carbonyl (C=O) groups is 1. The minimum absolute atomic E-state index is 0.0306. The van der Waals surface area contributed by atoms with Crippen LogP contribution in [0.1, 0.15) is 83.5 Å². The topological polar surface area (TPSA) is 49.8 Å². The Morgan fingerprint density at radius 2 is 1.61 bits per heavy atom. The molecule has 0 aromatic carbocycles. The van der Waals surface area contributed by atoms with Gasteiger partial charge in [0.2, 0.25) is 0 Å². The highest BCUT2D eigenvalue weighted by Gasteiger charge is 2.64. The third kappa shape index (κ3) is 3.18. The monoisotopic (exact) mass is 320 g/mol. The molecule has 3 unspecified atom stereocenters. The van der Waals surface area contributed by atoms with E-state index in [1.54, 1.807) is 0 Å². The Balaban J connectivity index is 1.29. The summed E-state index contributed by atoms with van der Waals surface area (Å²) in [4.78, 5) is 11.4. The van der Waals surface area contributed by atoms with Gasteiger partial charge >= 0.3 is 5.97 Å². The molecule has 0 aromatic heterocycles. The second-order valence-corrected chi connectivity index (χ2v) is 8.84. The van der Waals surface area contributed by atoms with E-state index in [0.29, 0.717) is 12.0 Å². The first kappa shape index (κ1) is 15.9. The summed E-state index contributed by atoms with van der Waals surface area (Å²) in [5.41, 5.74) is -0.0306. The van der Waals surface area contributed by atoms with Crippen LogP contribution >= 0.6 is 0 Å². The molecule has 1 heterocycles. The van der Waals surface area contributed by atoms with Crippen LogP contribution in [0.25, 0.3) is 0 Å². The summed E-state index contributed by atoms with van der Waals surface area (Å²) in [5.74, 6) is 1.80. The molecule has 3 nitrogen and oxygen atoms in total. The lowest BCUT2D eigenvalue weighted by molar-refractivity contribution is -0.143. The zero-order chi connectivity index (χ0) is 15.9. The minimum Gasteiger partial charge on any atom is -0.481 e. The molecular formula is C20H32O3. The number of ether oxygens (including phenoxy) is 1. The molecule has 3 aliphatic carbocycles. The summed E-state index contributed by atoms with van der Waals surface area (Å²) >= 11 is 0. The van der Waals surface area contributed by atoms with Gasteiger partial charge in [-0.1, -0.05) is 44.9 Å². The van der Waals surface area contributed by atoms with E-state index in [1.807, 2.05) is 0 Å². The van der Waals surface area contributed by atoms with Crippen molar-refractivity contribution >= 4 is 5.97 Å². The van der Waals surface area contributed by atoms with E-state index in [-0.39, 0.29) is 11.5 Å². The zero-order valence-corrected chi connectivity index (χ0v) is 14.3. The Kier molecular flexibility index (Phi) is 4.42. The second kappa shape index (κ2) is 6.38. The fraction of sp³-hybridized carbons (Fsp3) is 0.950. The quantitative estimate of drug-likeness (QED) is 0.758. The number of epoxide rings is 1. The lowest BCUT2D eigenvalue weighted by Gasteiger charge is -2.36. The van der Waals surface area contributed by atoms with E-state index in [1.165, 1.54) is 64.2 Å². The molecule has 1 aliphatic heterocycles. The van der Waals surface area contributed by atoms with Crippen LogP contribution < -0.4 is 0 Å². The predicted molar refractivity (Wildman–Crippen MR) is 89.2 cm³/mol. The Bertz CT molecular complexity index is 434. The van der Waals surface area contributed by atoms with Gasteiger partial charge in [0.05, 0.1) is 17.6 Å². The summed E-state index contributed by atoms with van der Waals surface area (Å²) < 4.78 is 6.11. The van der Waals surface area contributed by atoms with Crippen LogP contribution in [-0.4, -0.2) is 22.8 Å². The summed E-state index contributed by atoms with van der Waals surface area (Å²) in [6.45, 7) is 0. The van der Waals surface area contributed by atoms with Gasteiger partial charge in [-0.15, -0.1) is 0 Å². The molecule has 23 heavy (non-hydrogen) atoms. The van der Waals surface area contributed by atoms with Gasteiger partial charge in [-0.05, 0) is 56.3 Å². The summed E-state index contributed by atoms with van der Waals surface area (Å²) in [5, 5.41) is 9.36. The van der Waals surface area contributed by atoms with Crippen LogP contribution in [0.3, 0.4) is 0 Å². The molecule has 0 aromatic rings. The SMILES string of the molecule is O=C(O)C1CCC2OC2(C2CCC(CC3CCCCC3)CC2)C1. The lowest BCUT2D eigenvalue weighted by atomic mass is 9.67. The summed E-state index contributed by atoms with van der Waals surface area (Å²) in [6.07, 6.45) is 17.0. The average Bonchev–Trinajstić information content (AvgIpc) is 3.31. The van der Waals surface area contributed by atoms with Crippen LogP contribution in [0.2, 0.25) is 0 Å². The van der Waals surface area contributed by atoms with E-state index in [4.69, 9.17) is 4.74 Å². The Morgan fingerprint density at radius 3 is 2.30 bits per heavy atom. The Hall–Kier alpha value is -0.570. The van der Waals surface area contributed by atoms with Gasteiger partial charge < -0.3 is 9.84 Å². The fourth-order valence-corrected chi connectivity index (χ4v) is 6.07. The molecule has 3 saturated carbocycles. The first-order valence-electron chi connectivity index (χ1n) is 10.1. The Morgan fingerprint density at radius 1 is 0.913 bits per heavy atom. The van der Waals surface area contributed by atoms with Gasteiger partial charge in [-0.25, -0.2) is 0 Å². The maximum absolute atomic E-state index is 11.4. The number of hydrogen-bond donors (Lipinski definition) is 1. The van der Waals surface area contributed by atoms with E-state index >= 15 is 0 Å². The van der Waals surface area contributed by atoms with E-state index in [9.17, 15) is 9.90 Å². The van der Waals surface area contributed by atoms with E-state index in [2.05, 4.69) is 0 Å². The van der Waals surface area contributed by atoms with Crippen molar-refractivity contribution in [3.63, 3.8) is 0 Å². The highest BCUT2D eigenvalue weighted by molar-refractivity contribution is 5.70. The van der Waals surface area contributed by atoms with Crippen molar-refractivity contribution in [1.82, 2.24) is 0 Å². The van der Waals surface area contributed by atoms with Crippen molar-refractivity contribution in [2.24, 2.45) is 23.7 Å². The molecule has 4 rings (SSSR count). The standard InChI is InChI=1S/C20H32O3/c21-19(22)16-8-11-18-20(13-16,23-18)17-9-6-15(7-10-17)12-14-4-2-1-3-5-14/h14-18H,1-13H2,(H,21,22). The normalized spacial score (nSPS) is 44.5. The van der Waals surface area contributed by atoms with Gasteiger partial charge in [0, 0.05) is 0 Å². The van der Waals surface area contributed by atoms with Gasteiger partial charge in [0.1, 0.15) is 0 Å². The molecule has 0 radical (unpaired) electrons. The van der Waals surface area contributed by atoms with Crippen LogP contribution in [0, 0.1) is 23.7 Å². The highest BCUT2D eigenvalue weighted by Crippen LogP contribution is 2.58. The van der Waals surface area contributed by atoms with Crippen molar-refractivity contribution in [2.45, 2.75) is 95.2 Å². The zero-order valence-electron chi connectivity index (χ0n) is 14.3. The molecule has 0 bridgehead atoms. The molecule has 0 spiro atoms. The number of hydrogen-bond acceptors (Lipinski definition) is 2. The first-order chi connectivity index (χ1) is 11.2. The fourth-order valence-electron chi connectivity index (χ4n) is 6.07. The number of carboxylic acid groups (broad SMARTS) is 1. The average molecular weight is 320 g/mol. The number of fused-ring (bicyclic) bond motifs is 1. The van der Waals surface area contributed by atoms with Crippen molar-refractivity contribution in [2.75, 3.05) is 0 Å². The van der Waals surface area contributed by atoms with Crippen molar-refractivity contribution in [3.05, 3.63) is 0 Å². The largest absolute Gasteiger partial charge is 0.481 e. The van der Waals surface area contributed by atoms with Crippen LogP contribution in [0.4, 0.5) is 0 Å². The van der Waals surface area contributed by atoms with Crippen molar-refractivity contribution in [3.8, 4) is 0 Å². The molecular weight excluding hydrogens is 288 g/mol. The van der Waals surface area contributed by atoms with E-state index < -0.39 is 5.97 Å². The molecule has 4 fully saturated rings. The number of aliphatic carboxylic acids is 1. The molecule has 4 aliphatic rings. The molecule has 3 heteroatoms. The summed E-state index contributed by atoms with van der Waals surface area (Å²) in [6, 6.07) is 0. The number of rotatable bonds is 4. The molecule has 3 atom stereocenters. The first-order valence-corrected chi connectivity index (χ1v) is 10.1. The molecule has 1 saturated heterocycles. The Labute approximate surface area is 140 Å². The highest BCUT2D eigenvalue weighted by atomic mass is 16.6. The van der Waals surface area contributed by atoms with Gasteiger partial charge in [-0.2, -0.15) is 0 Å². The smallest absolute Gasteiger partial charge is 0.306 e. The lowest BCUT2D eigenvalue weighted by Crippen LogP contribution is -2.37. The third-order valence-corrected chi connectivity index (χ3v) is 7.47. The second-order valence-electron chi connectivity index (χ2n) is 8.84. The van der Waals surface area contributed by atoms with E-state index in [0.717, 1.165) is 31.1 Å². The third-order valence-electron chi connectivity index (χ3n) is 7.47.